The SMILES string of the molecule is CC(=O)c1ccccc1OC(=O)c1cccc(N2C(=O)[C@@H]3[C@H](C2=O)[C@H]2C=C[C@H]3C2)c1. The van der Waals surface area contributed by atoms with Gasteiger partial charge in [-0.1, -0.05) is 30.4 Å². The van der Waals surface area contributed by atoms with Crippen LogP contribution in [0.25, 0.3) is 0 Å². The van der Waals surface area contributed by atoms with Crippen molar-refractivity contribution in [2.45, 2.75) is 13.3 Å². The molecule has 1 heterocycles. The molecule has 4 atom stereocenters. The predicted molar refractivity (Wildman–Crippen MR) is 108 cm³/mol. The van der Waals surface area contributed by atoms with Gasteiger partial charge in [0.2, 0.25) is 11.8 Å². The lowest BCUT2D eigenvalue weighted by atomic mass is 9.85. The van der Waals surface area contributed by atoms with Gasteiger partial charge in [0.05, 0.1) is 28.7 Å². The van der Waals surface area contributed by atoms with Gasteiger partial charge >= 0.3 is 5.97 Å². The first-order valence-electron chi connectivity index (χ1n) is 9.94. The van der Waals surface area contributed by atoms with E-state index < -0.39 is 5.97 Å². The van der Waals surface area contributed by atoms with Gasteiger partial charge in [-0.15, -0.1) is 0 Å². The summed E-state index contributed by atoms with van der Waals surface area (Å²) < 4.78 is 5.42. The highest BCUT2D eigenvalue weighted by molar-refractivity contribution is 6.23. The third-order valence-corrected chi connectivity index (χ3v) is 6.28. The van der Waals surface area contributed by atoms with Crippen molar-refractivity contribution >= 4 is 29.3 Å². The summed E-state index contributed by atoms with van der Waals surface area (Å²) in [7, 11) is 0. The number of ketones is 1. The molecular formula is C24H19NO5. The minimum absolute atomic E-state index is 0.123. The molecule has 1 aliphatic heterocycles. The van der Waals surface area contributed by atoms with E-state index in [1.807, 2.05) is 12.2 Å². The monoisotopic (exact) mass is 401 g/mol. The number of nitrogens with zero attached hydrogens (tertiary/aromatic N) is 1. The van der Waals surface area contributed by atoms with Crippen molar-refractivity contribution in [3.05, 3.63) is 71.8 Å². The number of anilines is 1. The highest BCUT2D eigenvalue weighted by Gasteiger charge is 2.59. The summed E-state index contributed by atoms with van der Waals surface area (Å²) >= 11 is 0. The van der Waals surface area contributed by atoms with Gasteiger partial charge in [-0.05, 0) is 55.5 Å². The fourth-order valence-corrected chi connectivity index (χ4v) is 4.93. The number of esters is 1. The van der Waals surface area contributed by atoms with E-state index in [0.29, 0.717) is 11.3 Å². The highest BCUT2D eigenvalue weighted by Crippen LogP contribution is 2.53. The van der Waals surface area contributed by atoms with Crippen LogP contribution in [0.2, 0.25) is 0 Å². The number of imide groups is 1. The molecular weight excluding hydrogens is 382 g/mol. The summed E-state index contributed by atoms with van der Waals surface area (Å²) in [5.74, 6) is -1.46. The lowest BCUT2D eigenvalue weighted by molar-refractivity contribution is -0.123. The van der Waals surface area contributed by atoms with E-state index >= 15 is 0 Å². The van der Waals surface area contributed by atoms with Crippen LogP contribution in [-0.2, 0) is 9.59 Å². The van der Waals surface area contributed by atoms with Crippen LogP contribution in [-0.4, -0.2) is 23.6 Å². The summed E-state index contributed by atoms with van der Waals surface area (Å²) in [6.07, 6.45) is 4.95. The molecule has 30 heavy (non-hydrogen) atoms. The van der Waals surface area contributed by atoms with Gasteiger partial charge in [0, 0.05) is 0 Å². The number of hydrogen-bond donors (Lipinski definition) is 0. The molecule has 2 aliphatic carbocycles. The van der Waals surface area contributed by atoms with Crippen LogP contribution in [0, 0.1) is 23.7 Å². The molecule has 0 aromatic heterocycles. The minimum Gasteiger partial charge on any atom is -0.422 e. The third kappa shape index (κ3) is 2.71. The molecule has 1 saturated carbocycles. The number of hydrogen-bond acceptors (Lipinski definition) is 5. The fraction of sp³-hybridized carbons (Fsp3) is 0.250. The molecule has 0 radical (unpaired) electrons. The quantitative estimate of drug-likeness (QED) is 0.258. The molecule has 6 heteroatoms. The van der Waals surface area contributed by atoms with E-state index in [1.165, 1.54) is 17.9 Å². The Hall–Kier alpha value is -3.54. The molecule has 2 amide bonds. The van der Waals surface area contributed by atoms with E-state index in [4.69, 9.17) is 4.74 Å². The Bertz CT molecular complexity index is 1100. The Kier molecular flexibility index (Phi) is 4.17. The lowest BCUT2D eigenvalue weighted by Crippen LogP contribution is -2.33. The first kappa shape index (κ1) is 18.5. The maximum absolute atomic E-state index is 13.0. The zero-order valence-corrected chi connectivity index (χ0v) is 16.3. The topological polar surface area (TPSA) is 80.8 Å². The zero-order valence-electron chi connectivity index (χ0n) is 16.3. The number of ether oxygens (including phenoxy) is 1. The van der Waals surface area contributed by atoms with Crippen molar-refractivity contribution in [2.24, 2.45) is 23.7 Å². The van der Waals surface area contributed by atoms with Crippen LogP contribution in [0.1, 0.15) is 34.1 Å². The Labute approximate surface area is 173 Å². The van der Waals surface area contributed by atoms with Gasteiger partial charge in [-0.2, -0.15) is 0 Å². The Morgan fingerprint density at radius 3 is 2.27 bits per heavy atom. The average Bonchev–Trinajstić information content (AvgIpc) is 3.42. The second-order valence-corrected chi connectivity index (χ2v) is 8.00. The van der Waals surface area contributed by atoms with Crippen molar-refractivity contribution in [3.63, 3.8) is 0 Å². The number of carbonyl (C=O) groups is 4. The molecule has 2 aromatic carbocycles. The van der Waals surface area contributed by atoms with Crippen molar-refractivity contribution in [3.8, 4) is 5.75 Å². The fourth-order valence-electron chi connectivity index (χ4n) is 4.93. The summed E-state index contributed by atoms with van der Waals surface area (Å²) in [4.78, 5) is 51.7. The standard InChI is InChI=1S/C24H19NO5/c1-13(26)18-7-2-3-8-19(18)30-24(29)16-5-4-6-17(12-16)25-22(27)20-14-9-10-15(11-14)21(20)23(25)28/h2-10,12,14-15,20-21H,11H2,1H3/t14-,15-,20-,21+/m0/s1. The average molecular weight is 401 g/mol. The number of fused-ring (bicyclic) bond motifs is 5. The van der Waals surface area contributed by atoms with E-state index in [0.717, 1.165) is 6.42 Å². The summed E-state index contributed by atoms with van der Waals surface area (Å²) in [5.41, 5.74) is 0.875. The van der Waals surface area contributed by atoms with Crippen molar-refractivity contribution in [2.75, 3.05) is 4.90 Å². The molecule has 0 spiro atoms. The van der Waals surface area contributed by atoms with Gasteiger partial charge in [0.1, 0.15) is 5.75 Å². The number of benzene rings is 2. The molecule has 0 N–H and O–H groups in total. The molecule has 1 saturated heterocycles. The van der Waals surface area contributed by atoms with Gasteiger partial charge in [0.25, 0.3) is 0 Å². The number of Topliss-reactive ketones (excluding diaryl/α,β-unsaturated/α-hetero) is 1. The Morgan fingerprint density at radius 1 is 0.933 bits per heavy atom. The summed E-state index contributed by atoms with van der Waals surface area (Å²) in [5, 5.41) is 0. The van der Waals surface area contributed by atoms with Crippen LogP contribution >= 0.6 is 0 Å². The second kappa shape index (κ2) is 6.76. The van der Waals surface area contributed by atoms with Crippen LogP contribution in [0.5, 0.6) is 5.75 Å². The number of carbonyl (C=O) groups excluding carboxylic acids is 4. The smallest absolute Gasteiger partial charge is 0.343 e. The zero-order chi connectivity index (χ0) is 21.0. The van der Waals surface area contributed by atoms with Crippen LogP contribution in [0.3, 0.4) is 0 Å². The molecule has 2 aromatic rings. The van der Waals surface area contributed by atoms with E-state index in [2.05, 4.69) is 0 Å². The molecule has 0 unspecified atom stereocenters. The number of rotatable bonds is 4. The number of amides is 2. The van der Waals surface area contributed by atoms with Gasteiger partial charge in [0.15, 0.2) is 5.78 Å². The molecule has 150 valence electrons. The Balaban J connectivity index is 1.42. The molecule has 3 aliphatic rings. The molecule has 6 nitrogen and oxygen atoms in total. The summed E-state index contributed by atoms with van der Waals surface area (Å²) in [6.45, 7) is 1.40. The highest BCUT2D eigenvalue weighted by atomic mass is 16.5. The second-order valence-electron chi connectivity index (χ2n) is 8.00. The van der Waals surface area contributed by atoms with Crippen molar-refractivity contribution < 1.29 is 23.9 Å². The van der Waals surface area contributed by atoms with Crippen molar-refractivity contribution in [1.82, 2.24) is 0 Å². The first-order valence-corrected chi connectivity index (χ1v) is 9.94. The lowest BCUT2D eigenvalue weighted by Gasteiger charge is -2.18. The largest absolute Gasteiger partial charge is 0.422 e. The predicted octanol–water partition coefficient (Wildman–Crippen LogP) is 3.42. The van der Waals surface area contributed by atoms with Crippen LogP contribution in [0.15, 0.2) is 60.7 Å². The normalized spacial score (nSPS) is 26.2. The maximum atomic E-state index is 13.0. The van der Waals surface area contributed by atoms with E-state index in [1.54, 1.807) is 42.5 Å². The molecule has 5 rings (SSSR count). The maximum Gasteiger partial charge on any atom is 0.343 e. The minimum atomic E-state index is -0.661. The van der Waals surface area contributed by atoms with Crippen LogP contribution in [0.4, 0.5) is 5.69 Å². The number of para-hydroxylation sites is 1. The molecule has 2 fully saturated rings. The van der Waals surface area contributed by atoms with Gasteiger partial charge < -0.3 is 4.74 Å². The summed E-state index contributed by atoms with van der Waals surface area (Å²) in [6, 6.07) is 12.8. The third-order valence-electron chi connectivity index (χ3n) is 6.28. The van der Waals surface area contributed by atoms with E-state index in [9.17, 15) is 19.2 Å². The van der Waals surface area contributed by atoms with Gasteiger partial charge in [-0.3, -0.25) is 14.4 Å². The van der Waals surface area contributed by atoms with E-state index in [-0.39, 0.29) is 52.6 Å². The van der Waals surface area contributed by atoms with Crippen LogP contribution < -0.4 is 9.64 Å². The first-order chi connectivity index (χ1) is 14.5. The molecule has 2 bridgehead atoms. The number of allylic oxidation sites excluding steroid dienone is 2. The van der Waals surface area contributed by atoms with Crippen molar-refractivity contribution in [1.29, 1.82) is 0 Å². The van der Waals surface area contributed by atoms with Gasteiger partial charge in [-0.25, -0.2) is 9.69 Å². The Morgan fingerprint density at radius 2 is 1.60 bits per heavy atom.